The molecule has 1 N–H and O–H groups in total. The van der Waals surface area contributed by atoms with Crippen LogP contribution in [0.25, 0.3) is 5.69 Å². The maximum Gasteiger partial charge on any atom is 0.121 e. The topological polar surface area (TPSA) is 47.3 Å². The van der Waals surface area contributed by atoms with Crippen molar-refractivity contribution in [2.45, 2.75) is 33.0 Å². The van der Waals surface area contributed by atoms with Gasteiger partial charge in [0.15, 0.2) is 0 Å². The molecule has 0 aliphatic heterocycles. The molecule has 96 valence electrons. The Bertz CT molecular complexity index is 508. The molecule has 0 saturated heterocycles. The molecule has 0 amide bonds. The second-order valence-electron chi connectivity index (χ2n) is 4.24. The van der Waals surface area contributed by atoms with Gasteiger partial charge in [0.2, 0.25) is 0 Å². The van der Waals surface area contributed by atoms with Crippen molar-refractivity contribution in [3.8, 4) is 11.4 Å². The summed E-state index contributed by atoms with van der Waals surface area (Å²) in [6, 6.07) is 9.57. The predicted molar refractivity (Wildman–Crippen MR) is 69.9 cm³/mol. The summed E-state index contributed by atoms with van der Waals surface area (Å²) < 4.78 is 7.50. The fraction of sp³-hybridized carbons (Fsp3) is 0.357. The van der Waals surface area contributed by atoms with E-state index in [4.69, 9.17) is 9.84 Å². The van der Waals surface area contributed by atoms with Crippen LogP contribution < -0.4 is 4.74 Å². The summed E-state index contributed by atoms with van der Waals surface area (Å²) in [5, 5.41) is 13.3. The zero-order valence-electron chi connectivity index (χ0n) is 10.7. The number of hydrogen-bond acceptors (Lipinski definition) is 3. The van der Waals surface area contributed by atoms with Gasteiger partial charge in [0.1, 0.15) is 5.75 Å². The fourth-order valence-corrected chi connectivity index (χ4v) is 1.60. The number of aromatic nitrogens is 2. The molecule has 1 atom stereocenters. The molecule has 0 aliphatic carbocycles. The van der Waals surface area contributed by atoms with Gasteiger partial charge in [-0.05, 0) is 31.5 Å². The highest BCUT2D eigenvalue weighted by atomic mass is 16.5. The zero-order chi connectivity index (χ0) is 13.0. The molecule has 0 radical (unpaired) electrons. The molecule has 1 heterocycles. The van der Waals surface area contributed by atoms with Crippen LogP contribution in [0.5, 0.6) is 5.75 Å². The molecule has 4 heteroatoms. The van der Waals surface area contributed by atoms with E-state index in [1.165, 1.54) is 0 Å². The number of hydrogen-bond donors (Lipinski definition) is 1. The van der Waals surface area contributed by atoms with Crippen molar-refractivity contribution in [2.75, 3.05) is 0 Å². The molecule has 0 aliphatic rings. The van der Waals surface area contributed by atoms with Gasteiger partial charge in [-0.3, -0.25) is 0 Å². The Labute approximate surface area is 107 Å². The van der Waals surface area contributed by atoms with Crippen LogP contribution in [0.3, 0.4) is 0 Å². The first-order chi connectivity index (χ1) is 8.72. The lowest BCUT2D eigenvalue weighted by Crippen LogP contribution is -2.09. The third-order valence-electron chi connectivity index (χ3n) is 2.80. The van der Waals surface area contributed by atoms with Crippen LogP contribution in [0.2, 0.25) is 0 Å². The van der Waals surface area contributed by atoms with Crippen LogP contribution >= 0.6 is 0 Å². The predicted octanol–water partition coefficient (Wildman–Crippen LogP) is 2.54. The van der Waals surface area contributed by atoms with Crippen molar-refractivity contribution >= 4 is 0 Å². The molecule has 2 rings (SSSR count). The summed E-state index contributed by atoms with van der Waals surface area (Å²) >= 11 is 0. The summed E-state index contributed by atoms with van der Waals surface area (Å²) in [6.07, 6.45) is 3.00. The van der Waals surface area contributed by atoms with Crippen LogP contribution in [-0.4, -0.2) is 21.0 Å². The summed E-state index contributed by atoms with van der Waals surface area (Å²) in [7, 11) is 0. The van der Waals surface area contributed by atoms with Crippen molar-refractivity contribution in [1.82, 2.24) is 9.78 Å². The Kier molecular flexibility index (Phi) is 3.99. The first-order valence-corrected chi connectivity index (χ1v) is 6.15. The van der Waals surface area contributed by atoms with E-state index in [0.717, 1.165) is 17.9 Å². The lowest BCUT2D eigenvalue weighted by molar-refractivity contribution is 0.217. The summed E-state index contributed by atoms with van der Waals surface area (Å²) in [4.78, 5) is 0. The Balaban J connectivity index is 2.21. The molecular formula is C14H18N2O2. The molecule has 1 aromatic heterocycles. The van der Waals surface area contributed by atoms with Gasteiger partial charge in [0.05, 0.1) is 24.1 Å². The standard InChI is InChI=1S/C14H18N2O2/c1-3-11(2)18-14-6-4-5-13(9-14)16-8-7-12(10-17)15-16/h4-9,11,17H,3,10H2,1-2H3. The lowest BCUT2D eigenvalue weighted by atomic mass is 10.3. The minimum Gasteiger partial charge on any atom is -0.491 e. The summed E-state index contributed by atoms with van der Waals surface area (Å²) in [5.74, 6) is 0.836. The highest BCUT2D eigenvalue weighted by Gasteiger charge is 2.04. The highest BCUT2D eigenvalue weighted by molar-refractivity contribution is 5.38. The quantitative estimate of drug-likeness (QED) is 0.882. The van der Waals surface area contributed by atoms with E-state index >= 15 is 0 Å². The number of rotatable bonds is 5. The molecule has 0 spiro atoms. The molecule has 0 saturated carbocycles. The normalized spacial score (nSPS) is 12.4. The van der Waals surface area contributed by atoms with Gasteiger partial charge >= 0.3 is 0 Å². The Hall–Kier alpha value is -1.81. The molecule has 1 unspecified atom stereocenters. The molecule has 0 bridgehead atoms. The minimum absolute atomic E-state index is 0.0456. The smallest absolute Gasteiger partial charge is 0.121 e. The van der Waals surface area contributed by atoms with Crippen LogP contribution in [0.15, 0.2) is 36.5 Å². The van der Waals surface area contributed by atoms with E-state index in [1.54, 1.807) is 10.7 Å². The Morgan fingerprint density at radius 3 is 2.89 bits per heavy atom. The minimum atomic E-state index is -0.0456. The number of benzene rings is 1. The first-order valence-electron chi connectivity index (χ1n) is 6.15. The molecule has 0 fully saturated rings. The van der Waals surface area contributed by atoms with Crippen LogP contribution in [-0.2, 0) is 6.61 Å². The number of aliphatic hydroxyl groups excluding tert-OH is 1. The molecular weight excluding hydrogens is 228 g/mol. The average molecular weight is 246 g/mol. The third-order valence-corrected chi connectivity index (χ3v) is 2.80. The van der Waals surface area contributed by atoms with E-state index in [9.17, 15) is 0 Å². The summed E-state index contributed by atoms with van der Waals surface area (Å²) in [6.45, 7) is 4.09. The van der Waals surface area contributed by atoms with E-state index in [1.807, 2.05) is 37.4 Å². The fourth-order valence-electron chi connectivity index (χ4n) is 1.60. The molecule has 18 heavy (non-hydrogen) atoms. The second kappa shape index (κ2) is 5.69. The average Bonchev–Trinajstić information content (AvgIpc) is 2.87. The summed E-state index contributed by atoms with van der Waals surface area (Å²) in [5.41, 5.74) is 1.58. The number of ether oxygens (including phenoxy) is 1. The largest absolute Gasteiger partial charge is 0.491 e. The van der Waals surface area contributed by atoms with Crippen LogP contribution in [0.1, 0.15) is 26.0 Å². The van der Waals surface area contributed by atoms with Gasteiger partial charge in [0.25, 0.3) is 0 Å². The van der Waals surface area contributed by atoms with Gasteiger partial charge in [0, 0.05) is 12.3 Å². The zero-order valence-corrected chi connectivity index (χ0v) is 10.7. The van der Waals surface area contributed by atoms with Gasteiger partial charge in [-0.15, -0.1) is 0 Å². The van der Waals surface area contributed by atoms with Crippen LogP contribution in [0, 0.1) is 0 Å². The van der Waals surface area contributed by atoms with Crippen molar-refractivity contribution < 1.29 is 9.84 Å². The monoisotopic (exact) mass is 246 g/mol. The SMILES string of the molecule is CCC(C)Oc1cccc(-n2ccc(CO)n2)c1. The van der Waals surface area contributed by atoms with E-state index in [-0.39, 0.29) is 12.7 Å². The maximum absolute atomic E-state index is 9.00. The van der Waals surface area contributed by atoms with Gasteiger partial charge < -0.3 is 9.84 Å². The molecule has 1 aromatic carbocycles. The van der Waals surface area contributed by atoms with Crippen molar-refractivity contribution in [3.05, 3.63) is 42.2 Å². The Morgan fingerprint density at radius 1 is 1.39 bits per heavy atom. The molecule has 4 nitrogen and oxygen atoms in total. The molecule has 2 aromatic rings. The highest BCUT2D eigenvalue weighted by Crippen LogP contribution is 2.18. The second-order valence-corrected chi connectivity index (χ2v) is 4.24. The number of aliphatic hydroxyl groups is 1. The van der Waals surface area contributed by atoms with E-state index in [2.05, 4.69) is 12.0 Å². The van der Waals surface area contributed by atoms with E-state index < -0.39 is 0 Å². The first kappa shape index (κ1) is 12.6. The van der Waals surface area contributed by atoms with Gasteiger partial charge in [-0.25, -0.2) is 4.68 Å². The van der Waals surface area contributed by atoms with Crippen molar-refractivity contribution in [3.63, 3.8) is 0 Å². The van der Waals surface area contributed by atoms with Crippen molar-refractivity contribution in [1.29, 1.82) is 0 Å². The van der Waals surface area contributed by atoms with E-state index in [0.29, 0.717) is 5.69 Å². The maximum atomic E-state index is 9.00. The number of nitrogens with zero attached hydrogens (tertiary/aromatic N) is 2. The van der Waals surface area contributed by atoms with Gasteiger partial charge in [-0.2, -0.15) is 5.10 Å². The van der Waals surface area contributed by atoms with Crippen LogP contribution in [0.4, 0.5) is 0 Å². The lowest BCUT2D eigenvalue weighted by Gasteiger charge is -2.13. The van der Waals surface area contributed by atoms with Gasteiger partial charge in [-0.1, -0.05) is 13.0 Å². The Morgan fingerprint density at radius 2 is 2.22 bits per heavy atom. The van der Waals surface area contributed by atoms with Crippen molar-refractivity contribution in [2.24, 2.45) is 0 Å². The third kappa shape index (κ3) is 2.90.